The first-order valence-corrected chi connectivity index (χ1v) is 8.99. The highest BCUT2D eigenvalue weighted by atomic mass is 32.2. The van der Waals surface area contributed by atoms with E-state index in [0.717, 1.165) is 18.7 Å². The summed E-state index contributed by atoms with van der Waals surface area (Å²) >= 11 is 0. The Labute approximate surface area is 121 Å². The molecular formula is C15H23NO3S. The van der Waals surface area contributed by atoms with Crippen molar-refractivity contribution in [2.75, 3.05) is 24.7 Å². The van der Waals surface area contributed by atoms with Crippen LogP contribution in [0.5, 0.6) is 5.75 Å². The molecule has 0 saturated carbocycles. The average Bonchev–Trinajstić information content (AvgIpc) is 2.77. The fourth-order valence-electron chi connectivity index (χ4n) is 2.51. The Kier molecular flexibility index (Phi) is 5.05. The van der Waals surface area contributed by atoms with Crippen molar-refractivity contribution >= 4 is 9.84 Å². The molecule has 4 nitrogen and oxygen atoms in total. The van der Waals surface area contributed by atoms with Crippen LogP contribution in [0.1, 0.15) is 31.9 Å². The Bertz CT molecular complexity index is 525. The zero-order valence-electron chi connectivity index (χ0n) is 12.1. The number of hydrogen-bond donors (Lipinski definition) is 1. The van der Waals surface area contributed by atoms with E-state index in [1.165, 1.54) is 5.56 Å². The summed E-state index contributed by atoms with van der Waals surface area (Å²) in [5.74, 6) is 1.81. The van der Waals surface area contributed by atoms with Gasteiger partial charge in [0, 0.05) is 6.04 Å². The van der Waals surface area contributed by atoms with Crippen LogP contribution in [0.2, 0.25) is 0 Å². The highest BCUT2D eigenvalue weighted by Crippen LogP contribution is 2.20. The first-order valence-electron chi connectivity index (χ1n) is 7.16. The van der Waals surface area contributed by atoms with Crippen molar-refractivity contribution in [3.8, 4) is 5.75 Å². The molecule has 1 aromatic rings. The quantitative estimate of drug-likeness (QED) is 0.874. The summed E-state index contributed by atoms with van der Waals surface area (Å²) in [4.78, 5) is 0. The van der Waals surface area contributed by atoms with Gasteiger partial charge in [-0.15, -0.1) is 0 Å². The van der Waals surface area contributed by atoms with Gasteiger partial charge in [-0.25, -0.2) is 8.42 Å². The van der Waals surface area contributed by atoms with E-state index < -0.39 is 9.84 Å². The summed E-state index contributed by atoms with van der Waals surface area (Å²) in [5, 5.41) is 3.42. The molecule has 1 aliphatic heterocycles. The van der Waals surface area contributed by atoms with Crippen molar-refractivity contribution < 1.29 is 13.2 Å². The molecular weight excluding hydrogens is 274 g/mol. The van der Waals surface area contributed by atoms with Crippen molar-refractivity contribution in [2.24, 2.45) is 5.92 Å². The van der Waals surface area contributed by atoms with Crippen molar-refractivity contribution in [3.63, 3.8) is 0 Å². The zero-order chi connectivity index (χ0) is 14.6. The minimum Gasteiger partial charge on any atom is -0.494 e. The van der Waals surface area contributed by atoms with Crippen molar-refractivity contribution in [1.29, 1.82) is 0 Å². The molecule has 2 atom stereocenters. The van der Waals surface area contributed by atoms with Crippen LogP contribution in [0, 0.1) is 5.92 Å². The lowest BCUT2D eigenvalue weighted by molar-refractivity contribution is 0.340. The number of sulfone groups is 1. The van der Waals surface area contributed by atoms with Crippen molar-refractivity contribution in [2.45, 2.75) is 26.3 Å². The second-order valence-electron chi connectivity index (χ2n) is 5.40. The molecule has 0 aliphatic carbocycles. The number of ether oxygens (including phenoxy) is 1. The van der Waals surface area contributed by atoms with Crippen LogP contribution in [0.3, 0.4) is 0 Å². The van der Waals surface area contributed by atoms with E-state index in [9.17, 15) is 8.42 Å². The molecule has 112 valence electrons. The highest BCUT2D eigenvalue weighted by molar-refractivity contribution is 7.91. The topological polar surface area (TPSA) is 55.4 Å². The molecule has 1 aromatic carbocycles. The van der Waals surface area contributed by atoms with Gasteiger partial charge in [0.2, 0.25) is 0 Å². The van der Waals surface area contributed by atoms with Gasteiger partial charge in [0.15, 0.2) is 9.84 Å². The second kappa shape index (κ2) is 6.59. The molecule has 0 radical (unpaired) electrons. The molecule has 1 aliphatic rings. The molecule has 0 aromatic heterocycles. The zero-order valence-corrected chi connectivity index (χ0v) is 12.9. The van der Waals surface area contributed by atoms with Gasteiger partial charge in [0.05, 0.1) is 18.1 Å². The van der Waals surface area contributed by atoms with Gasteiger partial charge in [-0.1, -0.05) is 12.1 Å². The monoisotopic (exact) mass is 297 g/mol. The van der Waals surface area contributed by atoms with Gasteiger partial charge in [-0.05, 0) is 50.4 Å². The Balaban J connectivity index is 1.84. The normalized spacial score (nSPS) is 22.6. The minimum atomic E-state index is -2.78. The second-order valence-corrected chi connectivity index (χ2v) is 7.63. The fourth-order valence-corrected chi connectivity index (χ4v) is 4.38. The van der Waals surface area contributed by atoms with Crippen LogP contribution < -0.4 is 10.1 Å². The first kappa shape index (κ1) is 15.3. The molecule has 5 heteroatoms. The first-order chi connectivity index (χ1) is 9.50. The van der Waals surface area contributed by atoms with Gasteiger partial charge in [0.25, 0.3) is 0 Å². The van der Waals surface area contributed by atoms with E-state index >= 15 is 0 Å². The SMILES string of the molecule is CCOc1ccc(C(C)NCC2CCS(=O)(=O)C2)cc1. The summed E-state index contributed by atoms with van der Waals surface area (Å²) in [6.07, 6.45) is 0.783. The van der Waals surface area contributed by atoms with E-state index in [0.29, 0.717) is 18.1 Å². The maximum atomic E-state index is 11.4. The minimum absolute atomic E-state index is 0.217. The maximum Gasteiger partial charge on any atom is 0.150 e. The predicted molar refractivity (Wildman–Crippen MR) is 80.8 cm³/mol. The predicted octanol–water partition coefficient (Wildman–Crippen LogP) is 2.17. The Morgan fingerprint density at radius 2 is 2.05 bits per heavy atom. The van der Waals surface area contributed by atoms with Crippen LogP contribution in [-0.4, -0.2) is 33.1 Å². The van der Waals surface area contributed by atoms with Gasteiger partial charge >= 0.3 is 0 Å². The number of benzene rings is 1. The molecule has 1 N–H and O–H groups in total. The van der Waals surface area contributed by atoms with Crippen LogP contribution in [0.25, 0.3) is 0 Å². The Morgan fingerprint density at radius 1 is 1.35 bits per heavy atom. The van der Waals surface area contributed by atoms with E-state index in [2.05, 4.69) is 12.2 Å². The summed E-state index contributed by atoms with van der Waals surface area (Å²) in [7, 11) is -2.78. The molecule has 0 spiro atoms. The Hall–Kier alpha value is -1.07. The smallest absolute Gasteiger partial charge is 0.150 e. The van der Waals surface area contributed by atoms with E-state index in [1.807, 2.05) is 31.2 Å². The third kappa shape index (κ3) is 4.21. The van der Waals surface area contributed by atoms with Crippen molar-refractivity contribution in [3.05, 3.63) is 29.8 Å². The average molecular weight is 297 g/mol. The largest absolute Gasteiger partial charge is 0.494 e. The lowest BCUT2D eigenvalue weighted by atomic mass is 10.1. The fraction of sp³-hybridized carbons (Fsp3) is 0.600. The summed E-state index contributed by atoms with van der Waals surface area (Å²) in [6, 6.07) is 8.25. The Morgan fingerprint density at radius 3 is 2.60 bits per heavy atom. The lowest BCUT2D eigenvalue weighted by Gasteiger charge is -2.17. The standard InChI is InChI=1S/C15H23NO3S/c1-3-19-15-6-4-14(5-7-15)12(2)16-10-13-8-9-20(17,18)11-13/h4-7,12-13,16H,3,8-11H2,1-2H3. The molecule has 2 unspecified atom stereocenters. The molecule has 0 amide bonds. The summed E-state index contributed by atoms with van der Waals surface area (Å²) in [5.41, 5.74) is 1.19. The van der Waals surface area contributed by atoms with Crippen LogP contribution in [0.4, 0.5) is 0 Å². The van der Waals surface area contributed by atoms with E-state index in [1.54, 1.807) is 0 Å². The van der Waals surface area contributed by atoms with Gasteiger partial charge in [-0.3, -0.25) is 0 Å². The third-order valence-corrected chi connectivity index (χ3v) is 5.57. The van der Waals surface area contributed by atoms with Crippen LogP contribution >= 0.6 is 0 Å². The molecule has 1 heterocycles. The molecule has 0 bridgehead atoms. The lowest BCUT2D eigenvalue weighted by Crippen LogP contribution is -2.26. The summed E-state index contributed by atoms with van der Waals surface area (Å²) < 4.78 is 28.2. The van der Waals surface area contributed by atoms with Crippen molar-refractivity contribution in [1.82, 2.24) is 5.32 Å². The van der Waals surface area contributed by atoms with E-state index in [4.69, 9.17) is 4.74 Å². The summed E-state index contributed by atoms with van der Waals surface area (Å²) in [6.45, 7) is 5.49. The molecule has 2 rings (SSSR count). The van der Waals surface area contributed by atoms with Gasteiger partial charge in [0.1, 0.15) is 5.75 Å². The molecule has 20 heavy (non-hydrogen) atoms. The number of hydrogen-bond acceptors (Lipinski definition) is 4. The highest BCUT2D eigenvalue weighted by Gasteiger charge is 2.27. The molecule has 1 fully saturated rings. The van der Waals surface area contributed by atoms with Crippen LogP contribution in [0.15, 0.2) is 24.3 Å². The van der Waals surface area contributed by atoms with E-state index in [-0.39, 0.29) is 12.0 Å². The van der Waals surface area contributed by atoms with Gasteiger partial charge < -0.3 is 10.1 Å². The number of nitrogens with one attached hydrogen (secondary N) is 1. The third-order valence-electron chi connectivity index (χ3n) is 3.73. The molecule has 1 saturated heterocycles. The van der Waals surface area contributed by atoms with Crippen LogP contribution in [-0.2, 0) is 9.84 Å². The van der Waals surface area contributed by atoms with Gasteiger partial charge in [-0.2, -0.15) is 0 Å². The number of rotatable bonds is 6. The maximum absolute atomic E-state index is 11.4.